The van der Waals surface area contributed by atoms with Gasteiger partial charge in [-0.1, -0.05) is 43.4 Å². The van der Waals surface area contributed by atoms with E-state index < -0.39 is 0 Å². The van der Waals surface area contributed by atoms with Crippen molar-refractivity contribution in [3.8, 4) is 6.07 Å². The summed E-state index contributed by atoms with van der Waals surface area (Å²) in [6, 6.07) is 9.71. The molecule has 0 aliphatic heterocycles. The number of hydrogen-bond donors (Lipinski definition) is 1. The van der Waals surface area contributed by atoms with Crippen LogP contribution in [0.1, 0.15) is 30.6 Å². The largest absolute Gasteiger partial charge is 0.295 e. The molecule has 0 fully saturated rings. The van der Waals surface area contributed by atoms with Crippen LogP contribution >= 0.6 is 0 Å². The van der Waals surface area contributed by atoms with Crippen molar-refractivity contribution in [2.45, 2.75) is 19.5 Å². The smallest absolute Gasteiger partial charge is 0.124 e. The highest BCUT2D eigenvalue weighted by Crippen LogP contribution is 2.26. The summed E-state index contributed by atoms with van der Waals surface area (Å²) in [6.07, 6.45) is 11.3. The lowest BCUT2D eigenvalue weighted by Crippen LogP contribution is -2.20. The Morgan fingerprint density at radius 1 is 1.45 bits per heavy atom. The van der Waals surface area contributed by atoms with E-state index in [9.17, 15) is 0 Å². The Hall–Kier alpha value is -2.18. The maximum atomic E-state index is 8.97. The van der Waals surface area contributed by atoms with Crippen LogP contribution in [0, 0.1) is 16.7 Å². The molecule has 2 unspecified atom stereocenters. The highest BCUT2D eigenvalue weighted by Gasteiger charge is 2.19. The van der Waals surface area contributed by atoms with E-state index in [0.717, 1.165) is 12.0 Å². The van der Waals surface area contributed by atoms with Gasteiger partial charge in [0.15, 0.2) is 0 Å². The molecule has 2 atom stereocenters. The summed E-state index contributed by atoms with van der Waals surface area (Å²) in [6.45, 7) is 2.16. The average Bonchev–Trinajstić information content (AvgIpc) is 2.49. The first-order valence-corrected chi connectivity index (χ1v) is 6.73. The second-order valence-corrected chi connectivity index (χ2v) is 5.20. The molecule has 0 saturated heterocycles. The van der Waals surface area contributed by atoms with Crippen molar-refractivity contribution in [3.63, 3.8) is 0 Å². The number of hydrogen-bond acceptors (Lipinski definition) is 3. The Labute approximate surface area is 120 Å². The third-order valence-corrected chi connectivity index (χ3v) is 3.41. The normalized spacial score (nSPS) is 22.9. The van der Waals surface area contributed by atoms with E-state index in [0.29, 0.717) is 5.56 Å². The first kappa shape index (κ1) is 14.2. The molecule has 20 heavy (non-hydrogen) atoms. The van der Waals surface area contributed by atoms with Crippen LogP contribution in [0.2, 0.25) is 0 Å². The fraction of sp³-hybridized carbons (Fsp3) is 0.294. The summed E-state index contributed by atoms with van der Waals surface area (Å²) in [5.74, 6) is 0. The molecule has 0 spiro atoms. The fourth-order valence-electron chi connectivity index (χ4n) is 2.19. The minimum atomic E-state index is -0.126. The SMILES string of the molecule is CNC(/N=C/C1(C)C=CC=CC1)c1cccc(C#N)c1. The molecule has 1 aromatic rings. The number of aliphatic imine (C=N–C) groups is 1. The molecule has 0 bridgehead atoms. The Kier molecular flexibility index (Phi) is 4.49. The average molecular weight is 265 g/mol. The molecular formula is C17H19N3. The molecule has 102 valence electrons. The van der Waals surface area contributed by atoms with Crippen molar-refractivity contribution in [2.75, 3.05) is 7.05 Å². The monoisotopic (exact) mass is 265 g/mol. The van der Waals surface area contributed by atoms with Gasteiger partial charge in [0.2, 0.25) is 0 Å². The quantitative estimate of drug-likeness (QED) is 0.848. The lowest BCUT2D eigenvalue weighted by molar-refractivity contribution is 0.583. The van der Waals surface area contributed by atoms with Crippen molar-refractivity contribution in [1.82, 2.24) is 5.32 Å². The number of benzene rings is 1. The number of nitrogens with one attached hydrogen (secondary N) is 1. The molecule has 0 amide bonds. The number of nitrogens with zero attached hydrogens (tertiary/aromatic N) is 2. The molecule has 1 N–H and O–H groups in total. The van der Waals surface area contributed by atoms with Crippen LogP contribution in [-0.4, -0.2) is 13.3 Å². The molecule has 3 nitrogen and oxygen atoms in total. The molecule has 1 aliphatic carbocycles. The van der Waals surface area contributed by atoms with Gasteiger partial charge >= 0.3 is 0 Å². The van der Waals surface area contributed by atoms with Gasteiger partial charge in [0, 0.05) is 11.6 Å². The molecular weight excluding hydrogens is 246 g/mol. The Morgan fingerprint density at radius 2 is 2.30 bits per heavy atom. The highest BCUT2D eigenvalue weighted by molar-refractivity contribution is 5.69. The zero-order valence-corrected chi connectivity index (χ0v) is 11.9. The van der Waals surface area contributed by atoms with E-state index in [1.807, 2.05) is 31.5 Å². The maximum absolute atomic E-state index is 8.97. The Morgan fingerprint density at radius 3 is 2.95 bits per heavy atom. The Balaban J connectivity index is 2.18. The lowest BCUT2D eigenvalue weighted by Gasteiger charge is -2.22. The maximum Gasteiger partial charge on any atom is 0.124 e. The summed E-state index contributed by atoms with van der Waals surface area (Å²) < 4.78 is 0. The molecule has 2 rings (SSSR count). The first-order valence-electron chi connectivity index (χ1n) is 6.73. The molecule has 3 heteroatoms. The van der Waals surface area contributed by atoms with E-state index in [1.165, 1.54) is 0 Å². The summed E-state index contributed by atoms with van der Waals surface area (Å²) >= 11 is 0. The standard InChI is InChI=1S/C17H19N3/c1-17(9-4-3-5-10-17)13-20-16(19-2)15-8-6-7-14(11-15)12-18/h3-9,11,13,16,19H,10H2,1-2H3/b20-13+. The summed E-state index contributed by atoms with van der Waals surface area (Å²) in [5.41, 5.74) is 1.63. The van der Waals surface area contributed by atoms with Gasteiger partial charge in [-0.2, -0.15) is 5.26 Å². The van der Waals surface area contributed by atoms with E-state index in [4.69, 9.17) is 5.26 Å². The van der Waals surface area contributed by atoms with Crippen molar-refractivity contribution in [3.05, 3.63) is 59.7 Å². The van der Waals surface area contributed by atoms with Crippen LogP contribution in [0.4, 0.5) is 0 Å². The van der Waals surface area contributed by atoms with E-state index in [2.05, 4.69) is 47.6 Å². The molecule has 0 radical (unpaired) electrons. The van der Waals surface area contributed by atoms with Gasteiger partial charge in [-0.3, -0.25) is 10.3 Å². The Bertz CT molecular complexity index is 592. The van der Waals surface area contributed by atoms with E-state index >= 15 is 0 Å². The van der Waals surface area contributed by atoms with Crippen LogP contribution in [0.15, 0.2) is 53.6 Å². The van der Waals surface area contributed by atoms with Crippen LogP contribution < -0.4 is 5.32 Å². The third-order valence-electron chi connectivity index (χ3n) is 3.41. The summed E-state index contributed by atoms with van der Waals surface area (Å²) in [5, 5.41) is 12.1. The summed E-state index contributed by atoms with van der Waals surface area (Å²) in [7, 11) is 1.88. The number of rotatable bonds is 4. The van der Waals surface area contributed by atoms with Crippen LogP contribution in [0.5, 0.6) is 0 Å². The zero-order chi connectivity index (χ0) is 14.4. The first-order chi connectivity index (χ1) is 9.67. The van der Waals surface area contributed by atoms with Gasteiger partial charge < -0.3 is 0 Å². The minimum absolute atomic E-state index is 0.0311. The molecule has 0 aromatic heterocycles. The second kappa shape index (κ2) is 6.31. The molecule has 0 heterocycles. The van der Waals surface area contributed by atoms with Crippen molar-refractivity contribution < 1.29 is 0 Å². The van der Waals surface area contributed by atoms with Crippen molar-refractivity contribution >= 4 is 6.21 Å². The van der Waals surface area contributed by atoms with E-state index in [1.54, 1.807) is 6.07 Å². The van der Waals surface area contributed by atoms with Gasteiger partial charge in [0.1, 0.15) is 6.17 Å². The fourth-order valence-corrected chi connectivity index (χ4v) is 2.19. The van der Waals surface area contributed by atoms with Gasteiger partial charge in [-0.05, 0) is 31.2 Å². The summed E-state index contributed by atoms with van der Waals surface area (Å²) in [4.78, 5) is 4.65. The van der Waals surface area contributed by atoms with E-state index in [-0.39, 0.29) is 11.6 Å². The van der Waals surface area contributed by atoms with Crippen molar-refractivity contribution in [1.29, 1.82) is 5.26 Å². The van der Waals surface area contributed by atoms with Gasteiger partial charge in [-0.15, -0.1) is 0 Å². The predicted molar refractivity (Wildman–Crippen MR) is 82.5 cm³/mol. The van der Waals surface area contributed by atoms with Crippen molar-refractivity contribution in [2.24, 2.45) is 10.4 Å². The van der Waals surface area contributed by atoms with Gasteiger partial charge in [-0.25, -0.2) is 0 Å². The van der Waals surface area contributed by atoms with Gasteiger partial charge in [0.25, 0.3) is 0 Å². The van der Waals surface area contributed by atoms with Crippen LogP contribution in [0.25, 0.3) is 0 Å². The topological polar surface area (TPSA) is 48.2 Å². The molecule has 1 aliphatic rings. The number of allylic oxidation sites excluding steroid dienone is 4. The third kappa shape index (κ3) is 3.43. The van der Waals surface area contributed by atoms with Crippen LogP contribution in [0.3, 0.4) is 0 Å². The second-order valence-electron chi connectivity index (χ2n) is 5.20. The minimum Gasteiger partial charge on any atom is -0.295 e. The van der Waals surface area contributed by atoms with Crippen LogP contribution in [-0.2, 0) is 0 Å². The highest BCUT2D eigenvalue weighted by atomic mass is 15.0. The lowest BCUT2D eigenvalue weighted by atomic mass is 9.85. The van der Waals surface area contributed by atoms with Gasteiger partial charge in [0.05, 0.1) is 11.6 Å². The molecule has 1 aromatic carbocycles. The zero-order valence-electron chi connectivity index (χ0n) is 11.9. The predicted octanol–water partition coefficient (Wildman–Crippen LogP) is 3.37. The number of nitriles is 1. The molecule has 0 saturated carbocycles.